The van der Waals surface area contributed by atoms with Crippen molar-refractivity contribution < 1.29 is 14.3 Å². The zero-order chi connectivity index (χ0) is 20.3. The van der Waals surface area contributed by atoms with Crippen molar-refractivity contribution in [3.05, 3.63) is 64.1 Å². The minimum absolute atomic E-state index is 0.319. The highest BCUT2D eigenvalue weighted by atomic mass is 16.5. The molecule has 3 N–H and O–H groups in total. The summed E-state index contributed by atoms with van der Waals surface area (Å²) in [5.41, 5.74) is 2.94. The number of carbonyl (C=O) groups is 2. The van der Waals surface area contributed by atoms with Crippen LogP contribution in [0, 0.1) is 5.92 Å². The molecule has 146 valence electrons. The lowest BCUT2D eigenvalue weighted by atomic mass is 10.0. The van der Waals surface area contributed by atoms with Crippen molar-refractivity contribution in [1.29, 1.82) is 0 Å². The zero-order valence-electron chi connectivity index (χ0n) is 16.0. The average Bonchev–Trinajstić information content (AvgIpc) is 3.01. The minimum atomic E-state index is -0.969. The molecule has 3 rings (SSSR count). The van der Waals surface area contributed by atoms with Crippen LogP contribution in [-0.2, 0) is 16.0 Å². The fraction of sp³-hybridized carbons (Fsp3) is 0.286. The number of ether oxygens (including phenoxy) is 1. The van der Waals surface area contributed by atoms with E-state index in [1.54, 1.807) is 30.3 Å². The normalized spacial score (nSPS) is 12.1. The van der Waals surface area contributed by atoms with Gasteiger partial charge < -0.3 is 20.0 Å². The van der Waals surface area contributed by atoms with Crippen molar-refractivity contribution in [2.75, 3.05) is 5.32 Å². The molecule has 1 amide bonds. The number of amides is 1. The molecule has 0 aliphatic rings. The molecule has 1 atom stereocenters. The van der Waals surface area contributed by atoms with Gasteiger partial charge in [0.25, 0.3) is 5.91 Å². The molecule has 0 unspecified atom stereocenters. The molecule has 0 radical (unpaired) electrons. The standard InChI is InChI=1S/C21H23N3O4/c1-12(2)10-14-4-6-15(7-5-14)20(26)28-13(3)19(25)22-16-8-9-17-18(11-16)24-21(27)23-17/h4-9,11-13H,10H2,1-3H3,(H,22,25)(H2,23,24,27)/t13-/m0/s1. The predicted molar refractivity (Wildman–Crippen MR) is 107 cm³/mol. The Hall–Kier alpha value is -3.35. The summed E-state index contributed by atoms with van der Waals surface area (Å²) in [5, 5.41) is 2.68. The van der Waals surface area contributed by atoms with Gasteiger partial charge in [-0.25, -0.2) is 9.59 Å². The first-order valence-electron chi connectivity index (χ1n) is 9.14. The van der Waals surface area contributed by atoms with Crippen molar-refractivity contribution in [2.24, 2.45) is 5.92 Å². The maximum absolute atomic E-state index is 12.3. The van der Waals surface area contributed by atoms with E-state index in [2.05, 4.69) is 29.1 Å². The Morgan fingerprint density at radius 3 is 2.36 bits per heavy atom. The number of nitrogens with one attached hydrogen (secondary N) is 3. The van der Waals surface area contributed by atoms with Gasteiger partial charge in [0.2, 0.25) is 0 Å². The molecule has 7 heteroatoms. The summed E-state index contributed by atoms with van der Waals surface area (Å²) >= 11 is 0. The molecule has 0 saturated carbocycles. The van der Waals surface area contributed by atoms with Gasteiger partial charge in [-0.1, -0.05) is 26.0 Å². The number of anilines is 1. The van der Waals surface area contributed by atoms with Crippen LogP contribution in [0.5, 0.6) is 0 Å². The van der Waals surface area contributed by atoms with E-state index in [4.69, 9.17) is 4.74 Å². The van der Waals surface area contributed by atoms with Crippen LogP contribution in [0.15, 0.2) is 47.3 Å². The quantitative estimate of drug-likeness (QED) is 0.570. The van der Waals surface area contributed by atoms with Crippen molar-refractivity contribution in [2.45, 2.75) is 33.3 Å². The number of fused-ring (bicyclic) bond motifs is 1. The van der Waals surface area contributed by atoms with E-state index in [0.717, 1.165) is 12.0 Å². The average molecular weight is 381 g/mol. The summed E-state index contributed by atoms with van der Waals surface area (Å²) < 4.78 is 5.27. The Morgan fingerprint density at radius 1 is 1.00 bits per heavy atom. The third-order valence-electron chi connectivity index (χ3n) is 4.27. The number of aromatic amines is 2. The summed E-state index contributed by atoms with van der Waals surface area (Å²) in [6.45, 7) is 5.78. The first-order valence-corrected chi connectivity index (χ1v) is 9.14. The number of hydrogen-bond acceptors (Lipinski definition) is 4. The van der Waals surface area contributed by atoms with Crippen molar-refractivity contribution in [3.63, 3.8) is 0 Å². The van der Waals surface area contributed by atoms with E-state index in [1.165, 1.54) is 6.92 Å². The fourth-order valence-corrected chi connectivity index (χ4v) is 2.88. The topological polar surface area (TPSA) is 104 Å². The lowest BCUT2D eigenvalue weighted by molar-refractivity contribution is -0.123. The number of carbonyl (C=O) groups excluding carboxylic acids is 2. The van der Waals surface area contributed by atoms with Crippen LogP contribution >= 0.6 is 0 Å². The van der Waals surface area contributed by atoms with Gasteiger partial charge >= 0.3 is 11.7 Å². The van der Waals surface area contributed by atoms with Crippen molar-refractivity contribution in [1.82, 2.24) is 9.97 Å². The SMILES string of the molecule is CC(C)Cc1ccc(C(=O)O[C@@H](C)C(=O)Nc2ccc3[nH]c(=O)[nH]c3c2)cc1. The summed E-state index contributed by atoms with van der Waals surface area (Å²) in [6.07, 6.45) is -0.0333. The van der Waals surface area contributed by atoms with E-state index in [-0.39, 0.29) is 5.69 Å². The monoisotopic (exact) mass is 381 g/mol. The second-order valence-corrected chi connectivity index (χ2v) is 7.17. The number of rotatable bonds is 6. The Morgan fingerprint density at radius 2 is 1.68 bits per heavy atom. The molecule has 7 nitrogen and oxygen atoms in total. The molecule has 1 heterocycles. The highest BCUT2D eigenvalue weighted by Crippen LogP contribution is 2.16. The van der Waals surface area contributed by atoms with E-state index in [0.29, 0.717) is 28.2 Å². The predicted octanol–water partition coefficient (Wildman–Crippen LogP) is 3.24. The number of hydrogen-bond donors (Lipinski definition) is 3. The Labute approximate surface area is 162 Å². The van der Waals surface area contributed by atoms with E-state index >= 15 is 0 Å². The Bertz CT molecular complexity index is 1050. The number of imidazole rings is 1. The third-order valence-corrected chi connectivity index (χ3v) is 4.27. The highest BCUT2D eigenvalue weighted by Gasteiger charge is 2.19. The molecule has 1 aromatic heterocycles. The van der Waals surface area contributed by atoms with E-state index in [9.17, 15) is 14.4 Å². The minimum Gasteiger partial charge on any atom is -0.449 e. The lowest BCUT2D eigenvalue weighted by Gasteiger charge is -2.14. The van der Waals surface area contributed by atoms with Gasteiger partial charge in [-0.2, -0.15) is 0 Å². The zero-order valence-corrected chi connectivity index (χ0v) is 16.0. The van der Waals surface area contributed by atoms with Gasteiger partial charge in [0.15, 0.2) is 6.10 Å². The Kier molecular flexibility index (Phi) is 5.63. The lowest BCUT2D eigenvalue weighted by Crippen LogP contribution is -2.30. The molecule has 2 aromatic carbocycles. The second kappa shape index (κ2) is 8.12. The second-order valence-electron chi connectivity index (χ2n) is 7.17. The smallest absolute Gasteiger partial charge is 0.338 e. The number of H-pyrrole nitrogens is 2. The summed E-state index contributed by atoms with van der Waals surface area (Å²) in [6, 6.07) is 12.2. The molecular formula is C21H23N3O4. The first-order chi connectivity index (χ1) is 13.3. The molecule has 0 saturated heterocycles. The van der Waals surface area contributed by atoms with Crippen molar-refractivity contribution in [3.8, 4) is 0 Å². The third kappa shape index (κ3) is 4.68. The van der Waals surface area contributed by atoms with E-state index < -0.39 is 18.0 Å². The molecule has 0 aliphatic heterocycles. The van der Waals surface area contributed by atoms with Gasteiger partial charge in [0.05, 0.1) is 16.6 Å². The van der Waals surface area contributed by atoms with E-state index in [1.807, 2.05) is 12.1 Å². The first kappa shape index (κ1) is 19.4. The van der Waals surface area contributed by atoms with Crippen LogP contribution in [0.2, 0.25) is 0 Å². The van der Waals surface area contributed by atoms with Crippen molar-refractivity contribution >= 4 is 28.6 Å². The van der Waals surface area contributed by atoms with Crippen LogP contribution in [0.1, 0.15) is 36.7 Å². The molecule has 3 aromatic rings. The molecule has 0 spiro atoms. The number of aromatic nitrogens is 2. The summed E-state index contributed by atoms with van der Waals surface area (Å²) in [4.78, 5) is 41.2. The van der Waals surface area contributed by atoms with Crippen LogP contribution in [0.25, 0.3) is 11.0 Å². The van der Waals surface area contributed by atoms with Gasteiger partial charge in [-0.3, -0.25) is 4.79 Å². The molecule has 0 aliphatic carbocycles. The summed E-state index contributed by atoms with van der Waals surface area (Å²) in [7, 11) is 0. The molecule has 0 bridgehead atoms. The number of esters is 1. The largest absolute Gasteiger partial charge is 0.449 e. The van der Waals surface area contributed by atoms with Crippen LogP contribution in [0.4, 0.5) is 5.69 Å². The molecule has 28 heavy (non-hydrogen) atoms. The highest BCUT2D eigenvalue weighted by molar-refractivity contribution is 5.98. The van der Waals surface area contributed by atoms with Gasteiger partial charge in [-0.05, 0) is 55.2 Å². The summed E-state index contributed by atoms with van der Waals surface area (Å²) in [5.74, 6) is -0.476. The van der Waals surface area contributed by atoms with Gasteiger partial charge in [-0.15, -0.1) is 0 Å². The fourth-order valence-electron chi connectivity index (χ4n) is 2.88. The van der Waals surface area contributed by atoms with Crippen LogP contribution in [0.3, 0.4) is 0 Å². The molecular weight excluding hydrogens is 358 g/mol. The maximum Gasteiger partial charge on any atom is 0.338 e. The van der Waals surface area contributed by atoms with Gasteiger partial charge in [0.1, 0.15) is 0 Å². The molecule has 0 fully saturated rings. The van der Waals surface area contributed by atoms with Gasteiger partial charge in [0, 0.05) is 5.69 Å². The Balaban J connectivity index is 1.60. The maximum atomic E-state index is 12.3. The van der Waals surface area contributed by atoms with Crippen LogP contribution in [-0.4, -0.2) is 27.9 Å². The van der Waals surface area contributed by atoms with Crippen LogP contribution < -0.4 is 11.0 Å². The number of benzene rings is 2.